The number of rotatable bonds is 13. The van der Waals surface area contributed by atoms with Gasteiger partial charge in [0.25, 0.3) is 0 Å². The summed E-state index contributed by atoms with van der Waals surface area (Å²) in [5.74, 6) is 0. The van der Waals surface area contributed by atoms with Gasteiger partial charge in [0.2, 0.25) is 0 Å². The molecular formula is C33H38OP2. The minimum absolute atomic E-state index is 0.0442. The lowest BCUT2D eigenvalue weighted by Gasteiger charge is -2.37. The van der Waals surface area contributed by atoms with Crippen LogP contribution in [0.1, 0.15) is 26.7 Å². The summed E-state index contributed by atoms with van der Waals surface area (Å²) >= 11 is 0. The Morgan fingerprint density at radius 1 is 0.556 bits per heavy atom. The van der Waals surface area contributed by atoms with Crippen LogP contribution in [0.5, 0.6) is 0 Å². The van der Waals surface area contributed by atoms with Crippen LogP contribution in [0.25, 0.3) is 0 Å². The topological polar surface area (TPSA) is 9.23 Å². The summed E-state index contributed by atoms with van der Waals surface area (Å²) in [6, 6.07) is 44.5. The van der Waals surface area contributed by atoms with Gasteiger partial charge in [0, 0.05) is 6.61 Å². The van der Waals surface area contributed by atoms with Crippen molar-refractivity contribution in [2.75, 3.05) is 25.5 Å². The van der Waals surface area contributed by atoms with Crippen molar-refractivity contribution in [3.8, 4) is 0 Å². The number of hydrogen-bond acceptors (Lipinski definition) is 1. The molecule has 0 aliphatic rings. The predicted molar refractivity (Wildman–Crippen MR) is 162 cm³/mol. The fourth-order valence-electron chi connectivity index (χ4n) is 4.56. The van der Waals surface area contributed by atoms with Gasteiger partial charge in [-0.2, -0.15) is 0 Å². The van der Waals surface area contributed by atoms with Gasteiger partial charge in [-0.25, -0.2) is 0 Å². The van der Waals surface area contributed by atoms with E-state index in [0.717, 1.165) is 38.4 Å². The molecule has 3 heteroatoms. The molecule has 0 N–H and O–H groups in total. The van der Waals surface area contributed by atoms with Crippen LogP contribution in [-0.2, 0) is 4.74 Å². The Hall–Kier alpha value is -2.30. The molecule has 0 spiro atoms. The van der Waals surface area contributed by atoms with Gasteiger partial charge in [0.05, 0.1) is 6.61 Å². The van der Waals surface area contributed by atoms with Gasteiger partial charge in [-0.3, -0.25) is 0 Å². The maximum absolute atomic E-state index is 6.41. The summed E-state index contributed by atoms with van der Waals surface area (Å²) in [5.41, 5.74) is 0.0442. The van der Waals surface area contributed by atoms with Gasteiger partial charge in [-0.05, 0) is 61.2 Å². The highest BCUT2D eigenvalue weighted by molar-refractivity contribution is 7.74. The summed E-state index contributed by atoms with van der Waals surface area (Å²) < 4.78 is 6.41. The van der Waals surface area contributed by atoms with Crippen LogP contribution < -0.4 is 21.2 Å². The van der Waals surface area contributed by atoms with Gasteiger partial charge >= 0.3 is 0 Å². The van der Waals surface area contributed by atoms with Crippen LogP contribution in [0.3, 0.4) is 0 Å². The first-order valence-electron chi connectivity index (χ1n) is 13.0. The molecule has 0 aliphatic heterocycles. The number of hydrogen-bond donors (Lipinski definition) is 0. The van der Waals surface area contributed by atoms with Gasteiger partial charge in [0.1, 0.15) is 0 Å². The smallest absolute Gasteiger partial charge is 0.0526 e. The molecule has 0 atom stereocenters. The quantitative estimate of drug-likeness (QED) is 0.137. The van der Waals surface area contributed by atoms with Crippen molar-refractivity contribution in [2.24, 2.45) is 5.41 Å². The standard InChI is InChI=1S/C33H38OP2/c1-3-4-25-34-26-33(2,27-35(29-17-9-5-10-18-29)30-19-11-6-12-20-30)28-36(31-21-13-7-14-22-31)32-23-15-8-16-24-32/h5-24H,3-4,25-28H2,1-2H3. The monoisotopic (exact) mass is 512 g/mol. The van der Waals surface area contributed by atoms with E-state index in [9.17, 15) is 0 Å². The zero-order valence-corrected chi connectivity index (χ0v) is 23.4. The summed E-state index contributed by atoms with van der Waals surface area (Å²) in [6.07, 6.45) is 4.51. The molecular weight excluding hydrogens is 474 g/mol. The molecule has 0 fully saturated rings. The van der Waals surface area contributed by atoms with Gasteiger partial charge in [0.15, 0.2) is 0 Å². The van der Waals surface area contributed by atoms with Crippen molar-refractivity contribution in [2.45, 2.75) is 26.7 Å². The number of benzene rings is 4. The molecule has 0 bridgehead atoms. The third-order valence-electron chi connectivity index (χ3n) is 6.44. The normalized spacial score (nSPS) is 11.8. The Labute approximate surface area is 220 Å². The lowest BCUT2D eigenvalue weighted by molar-refractivity contribution is 0.0730. The van der Waals surface area contributed by atoms with Crippen molar-refractivity contribution >= 4 is 37.1 Å². The van der Waals surface area contributed by atoms with E-state index in [-0.39, 0.29) is 5.41 Å². The first-order valence-corrected chi connectivity index (χ1v) is 16.1. The maximum atomic E-state index is 6.41. The molecule has 1 nitrogen and oxygen atoms in total. The average Bonchev–Trinajstić information content (AvgIpc) is 2.95. The van der Waals surface area contributed by atoms with Crippen LogP contribution in [0, 0.1) is 5.41 Å². The molecule has 0 radical (unpaired) electrons. The molecule has 36 heavy (non-hydrogen) atoms. The first-order chi connectivity index (χ1) is 17.7. The zero-order valence-electron chi connectivity index (χ0n) is 21.6. The molecule has 0 heterocycles. The van der Waals surface area contributed by atoms with E-state index < -0.39 is 15.8 Å². The number of unbranched alkanes of at least 4 members (excludes halogenated alkanes) is 1. The largest absolute Gasteiger partial charge is 0.381 e. The molecule has 0 unspecified atom stereocenters. The predicted octanol–water partition coefficient (Wildman–Crippen LogP) is 7.08. The van der Waals surface area contributed by atoms with Crippen molar-refractivity contribution < 1.29 is 4.74 Å². The molecule has 4 aromatic rings. The second-order valence-electron chi connectivity index (χ2n) is 9.73. The van der Waals surface area contributed by atoms with Gasteiger partial charge in [-0.1, -0.05) is 142 Å². The molecule has 4 aromatic carbocycles. The van der Waals surface area contributed by atoms with Crippen molar-refractivity contribution in [3.63, 3.8) is 0 Å². The fourth-order valence-corrected chi connectivity index (χ4v) is 10.1. The SMILES string of the molecule is CCCCOCC(C)(CP(c1ccccc1)c1ccccc1)CP(c1ccccc1)c1ccccc1. The second kappa shape index (κ2) is 13.9. The van der Waals surface area contributed by atoms with Gasteiger partial charge in [-0.15, -0.1) is 0 Å². The van der Waals surface area contributed by atoms with Crippen LogP contribution in [-0.4, -0.2) is 25.5 Å². The minimum atomic E-state index is -0.501. The van der Waals surface area contributed by atoms with E-state index in [0.29, 0.717) is 0 Å². The Bertz CT molecular complexity index is 969. The van der Waals surface area contributed by atoms with E-state index in [1.54, 1.807) is 0 Å². The average molecular weight is 513 g/mol. The van der Waals surface area contributed by atoms with Gasteiger partial charge < -0.3 is 4.74 Å². The Morgan fingerprint density at radius 2 is 0.889 bits per heavy atom. The fraction of sp³-hybridized carbons (Fsp3) is 0.273. The number of ether oxygens (including phenoxy) is 1. The molecule has 0 aliphatic carbocycles. The highest BCUT2D eigenvalue weighted by Crippen LogP contribution is 2.47. The van der Waals surface area contributed by atoms with E-state index in [2.05, 4.69) is 135 Å². The van der Waals surface area contributed by atoms with Crippen LogP contribution in [0.2, 0.25) is 0 Å². The van der Waals surface area contributed by atoms with Crippen molar-refractivity contribution in [3.05, 3.63) is 121 Å². The van der Waals surface area contributed by atoms with Crippen LogP contribution in [0.4, 0.5) is 0 Å². The summed E-state index contributed by atoms with van der Waals surface area (Å²) in [6.45, 7) is 6.34. The molecule has 0 saturated carbocycles. The molecule has 4 rings (SSSR count). The lowest BCUT2D eigenvalue weighted by Crippen LogP contribution is -2.36. The lowest BCUT2D eigenvalue weighted by atomic mass is 9.97. The minimum Gasteiger partial charge on any atom is -0.381 e. The van der Waals surface area contributed by atoms with E-state index in [1.165, 1.54) is 21.2 Å². The summed E-state index contributed by atoms with van der Waals surface area (Å²) in [7, 11) is -1.00. The Kier molecular flexibility index (Phi) is 10.3. The maximum Gasteiger partial charge on any atom is 0.0526 e. The van der Waals surface area contributed by atoms with E-state index >= 15 is 0 Å². The van der Waals surface area contributed by atoms with Crippen LogP contribution >= 0.6 is 15.8 Å². The first kappa shape index (κ1) is 26.8. The van der Waals surface area contributed by atoms with Crippen LogP contribution in [0.15, 0.2) is 121 Å². The highest BCUT2D eigenvalue weighted by Gasteiger charge is 2.34. The Morgan fingerprint density at radius 3 is 1.19 bits per heavy atom. The van der Waals surface area contributed by atoms with E-state index in [1.807, 2.05) is 0 Å². The van der Waals surface area contributed by atoms with Crippen molar-refractivity contribution in [1.29, 1.82) is 0 Å². The third-order valence-corrected chi connectivity index (χ3v) is 12.3. The molecule has 0 aromatic heterocycles. The highest BCUT2D eigenvalue weighted by atomic mass is 31.1. The second-order valence-corrected chi connectivity index (χ2v) is 14.1. The summed E-state index contributed by atoms with van der Waals surface area (Å²) in [5, 5.41) is 5.79. The zero-order chi connectivity index (χ0) is 25.1. The summed E-state index contributed by atoms with van der Waals surface area (Å²) in [4.78, 5) is 0. The molecule has 186 valence electrons. The molecule has 0 saturated heterocycles. The third kappa shape index (κ3) is 7.60. The van der Waals surface area contributed by atoms with E-state index in [4.69, 9.17) is 4.74 Å². The molecule has 0 amide bonds. The van der Waals surface area contributed by atoms with Crippen molar-refractivity contribution in [1.82, 2.24) is 0 Å². The Balaban J connectivity index is 1.70.